The first-order chi connectivity index (χ1) is 18.5. The van der Waals surface area contributed by atoms with E-state index in [2.05, 4.69) is 52.1 Å². The molecule has 0 bridgehead atoms. The monoisotopic (exact) mass is 534 g/mol. The number of ether oxygens (including phenoxy) is 1. The highest BCUT2D eigenvalue weighted by atomic mass is 16.5. The standard InChI is InChI=1S/C35H54N2O2/c1-22(2)8-7-9-23(3)30-12-13-31-29-11-10-25-20-28(14-16-34(25,4)32(29)15-17-35(30,31)5)39-33(38)24-18-26(36)21-27(19-24)37-6/h10-11,18-19,21-23,25,28-32,37H,7-9,12-17,20,36H2,1-6H3. The number of nitrogen functional groups attached to an aromatic ring is 1. The molecule has 0 saturated heterocycles. The molecule has 9 atom stereocenters. The van der Waals surface area contributed by atoms with Gasteiger partial charge in [0.2, 0.25) is 0 Å². The second kappa shape index (κ2) is 11.1. The highest BCUT2D eigenvalue weighted by Gasteiger charge is 2.59. The molecule has 9 unspecified atom stereocenters. The Morgan fingerprint density at radius 2 is 1.74 bits per heavy atom. The van der Waals surface area contributed by atoms with Crippen LogP contribution in [0.5, 0.6) is 0 Å². The molecule has 5 rings (SSSR count). The summed E-state index contributed by atoms with van der Waals surface area (Å²) in [5, 5.41) is 3.08. The zero-order chi connectivity index (χ0) is 27.9. The highest BCUT2D eigenvalue weighted by Crippen LogP contribution is 2.67. The lowest BCUT2D eigenvalue weighted by Gasteiger charge is -2.59. The van der Waals surface area contributed by atoms with Crippen molar-refractivity contribution in [1.82, 2.24) is 0 Å². The minimum atomic E-state index is -0.252. The van der Waals surface area contributed by atoms with Crippen LogP contribution in [-0.4, -0.2) is 19.1 Å². The van der Waals surface area contributed by atoms with Gasteiger partial charge in [0, 0.05) is 18.4 Å². The number of hydrogen-bond acceptors (Lipinski definition) is 4. The van der Waals surface area contributed by atoms with Crippen LogP contribution >= 0.6 is 0 Å². The summed E-state index contributed by atoms with van der Waals surface area (Å²) in [6.07, 6.45) is 18.0. The fourth-order valence-corrected chi connectivity index (χ4v) is 9.85. The average molecular weight is 535 g/mol. The molecule has 0 aliphatic heterocycles. The Morgan fingerprint density at radius 3 is 2.49 bits per heavy atom. The number of nitrogens with one attached hydrogen (secondary N) is 1. The van der Waals surface area contributed by atoms with Gasteiger partial charge in [-0.2, -0.15) is 0 Å². The molecule has 1 aromatic rings. The second-order valence-corrected chi connectivity index (χ2v) is 14.7. The molecule has 4 aliphatic rings. The number of hydrogen-bond donors (Lipinski definition) is 2. The fraction of sp³-hybridized carbons (Fsp3) is 0.743. The predicted molar refractivity (Wildman–Crippen MR) is 163 cm³/mol. The number of esters is 1. The lowest BCUT2D eigenvalue weighted by molar-refractivity contribution is -0.0844. The summed E-state index contributed by atoms with van der Waals surface area (Å²) in [5.74, 6) is 5.13. The maximum absolute atomic E-state index is 13.0. The van der Waals surface area contributed by atoms with Crippen molar-refractivity contribution in [2.75, 3.05) is 18.1 Å². The molecule has 4 aliphatic carbocycles. The van der Waals surface area contributed by atoms with Gasteiger partial charge in [-0.05, 0) is 115 Å². The number of fused-ring (bicyclic) bond motifs is 5. The van der Waals surface area contributed by atoms with Crippen LogP contribution in [0, 0.1) is 52.3 Å². The van der Waals surface area contributed by atoms with Crippen LogP contribution in [0.1, 0.15) is 109 Å². The molecule has 1 aromatic carbocycles. The Morgan fingerprint density at radius 1 is 1.00 bits per heavy atom. The molecule has 0 amide bonds. The molecule has 0 spiro atoms. The van der Waals surface area contributed by atoms with Gasteiger partial charge in [0.25, 0.3) is 0 Å². The first-order valence-electron chi connectivity index (χ1n) is 16.0. The van der Waals surface area contributed by atoms with Crippen molar-refractivity contribution in [1.29, 1.82) is 0 Å². The number of benzene rings is 1. The van der Waals surface area contributed by atoms with E-state index in [1.807, 2.05) is 19.2 Å². The second-order valence-electron chi connectivity index (χ2n) is 14.7. The van der Waals surface area contributed by atoms with E-state index in [0.29, 0.717) is 28.0 Å². The SMILES string of the molecule is CNc1cc(N)cc(C(=O)OC2CCC3(C)C(C=CC4C3CCC3(C)C(C(C)CCCC(C)C)CCC43)C2)c1. The summed E-state index contributed by atoms with van der Waals surface area (Å²) >= 11 is 0. The normalized spacial score (nSPS) is 38.0. The quantitative estimate of drug-likeness (QED) is 0.199. The summed E-state index contributed by atoms with van der Waals surface area (Å²) < 4.78 is 6.08. The van der Waals surface area contributed by atoms with Crippen LogP contribution in [-0.2, 0) is 4.74 Å². The molecule has 3 fully saturated rings. The van der Waals surface area contributed by atoms with Crippen molar-refractivity contribution >= 4 is 17.3 Å². The van der Waals surface area contributed by atoms with Gasteiger partial charge >= 0.3 is 5.97 Å². The zero-order valence-electron chi connectivity index (χ0n) is 25.5. The Balaban J connectivity index is 1.25. The van der Waals surface area contributed by atoms with Gasteiger partial charge in [-0.15, -0.1) is 0 Å². The molecule has 216 valence electrons. The van der Waals surface area contributed by atoms with Gasteiger partial charge in [0.1, 0.15) is 6.10 Å². The van der Waals surface area contributed by atoms with E-state index >= 15 is 0 Å². The molecule has 0 radical (unpaired) electrons. The topological polar surface area (TPSA) is 64.3 Å². The molecule has 4 heteroatoms. The Kier molecular flexibility index (Phi) is 8.15. The summed E-state index contributed by atoms with van der Waals surface area (Å²) in [4.78, 5) is 13.0. The molecule has 0 heterocycles. The summed E-state index contributed by atoms with van der Waals surface area (Å²) in [5.41, 5.74) is 8.79. The molecule has 3 saturated carbocycles. The largest absolute Gasteiger partial charge is 0.459 e. The fourth-order valence-electron chi connectivity index (χ4n) is 9.85. The van der Waals surface area contributed by atoms with E-state index in [0.717, 1.165) is 60.5 Å². The van der Waals surface area contributed by atoms with E-state index in [-0.39, 0.29) is 12.1 Å². The Labute approximate surface area is 237 Å². The minimum absolute atomic E-state index is 0.0207. The van der Waals surface area contributed by atoms with E-state index in [1.165, 1.54) is 44.9 Å². The number of rotatable bonds is 8. The Bertz CT molecular complexity index is 1060. The number of carbonyl (C=O) groups excluding carboxylic acids is 1. The molecule has 4 nitrogen and oxygen atoms in total. The van der Waals surface area contributed by atoms with Crippen molar-refractivity contribution in [2.45, 2.75) is 105 Å². The van der Waals surface area contributed by atoms with E-state index in [9.17, 15) is 4.79 Å². The van der Waals surface area contributed by atoms with Crippen LogP contribution in [0.25, 0.3) is 0 Å². The maximum Gasteiger partial charge on any atom is 0.338 e. The smallest absolute Gasteiger partial charge is 0.338 e. The van der Waals surface area contributed by atoms with E-state index < -0.39 is 0 Å². The molecule has 3 N–H and O–H groups in total. The Hall–Kier alpha value is -1.97. The van der Waals surface area contributed by atoms with Crippen molar-refractivity contribution in [3.63, 3.8) is 0 Å². The first kappa shape index (κ1) is 28.6. The van der Waals surface area contributed by atoms with Crippen molar-refractivity contribution in [2.24, 2.45) is 52.3 Å². The molecular weight excluding hydrogens is 480 g/mol. The van der Waals surface area contributed by atoms with Crippen LogP contribution in [0.15, 0.2) is 30.4 Å². The third kappa shape index (κ3) is 5.38. The summed E-state index contributed by atoms with van der Waals surface area (Å²) in [7, 11) is 1.84. The van der Waals surface area contributed by atoms with E-state index in [4.69, 9.17) is 10.5 Å². The van der Waals surface area contributed by atoms with Crippen molar-refractivity contribution < 1.29 is 9.53 Å². The number of anilines is 2. The van der Waals surface area contributed by atoms with Gasteiger partial charge in [0.05, 0.1) is 5.56 Å². The van der Waals surface area contributed by atoms with Crippen LogP contribution in [0.3, 0.4) is 0 Å². The third-order valence-electron chi connectivity index (χ3n) is 12.1. The number of nitrogens with two attached hydrogens (primary N) is 1. The first-order valence-corrected chi connectivity index (χ1v) is 16.0. The van der Waals surface area contributed by atoms with Gasteiger partial charge < -0.3 is 15.8 Å². The minimum Gasteiger partial charge on any atom is -0.459 e. The lowest BCUT2D eigenvalue weighted by Crippen LogP contribution is -2.52. The third-order valence-corrected chi connectivity index (χ3v) is 12.1. The van der Waals surface area contributed by atoms with Crippen LogP contribution in [0.2, 0.25) is 0 Å². The van der Waals surface area contributed by atoms with Crippen molar-refractivity contribution in [3.8, 4) is 0 Å². The van der Waals surface area contributed by atoms with Crippen molar-refractivity contribution in [3.05, 3.63) is 35.9 Å². The highest BCUT2D eigenvalue weighted by molar-refractivity contribution is 5.92. The molecule has 39 heavy (non-hydrogen) atoms. The van der Waals surface area contributed by atoms with Gasteiger partial charge in [-0.25, -0.2) is 4.79 Å². The maximum atomic E-state index is 13.0. The van der Waals surface area contributed by atoms with Crippen LogP contribution < -0.4 is 11.1 Å². The van der Waals surface area contributed by atoms with Crippen LogP contribution in [0.4, 0.5) is 11.4 Å². The molecule has 0 aromatic heterocycles. The lowest BCUT2D eigenvalue weighted by atomic mass is 9.46. The molecular formula is C35H54N2O2. The van der Waals surface area contributed by atoms with E-state index in [1.54, 1.807) is 6.07 Å². The van der Waals surface area contributed by atoms with Gasteiger partial charge in [-0.1, -0.05) is 66.0 Å². The predicted octanol–water partition coefficient (Wildman–Crippen LogP) is 8.73. The summed E-state index contributed by atoms with van der Waals surface area (Å²) in [6.45, 7) is 12.5. The average Bonchev–Trinajstić information content (AvgIpc) is 3.25. The van der Waals surface area contributed by atoms with Gasteiger partial charge in [0.15, 0.2) is 0 Å². The number of carbonyl (C=O) groups is 1. The number of allylic oxidation sites excluding steroid dienone is 2. The zero-order valence-corrected chi connectivity index (χ0v) is 25.5. The summed E-state index contributed by atoms with van der Waals surface area (Å²) in [6, 6.07) is 5.39. The van der Waals surface area contributed by atoms with Gasteiger partial charge in [-0.3, -0.25) is 0 Å².